The number of primary sulfonamides is 1. The minimum absolute atomic E-state index is 0.0309. The van der Waals surface area contributed by atoms with Gasteiger partial charge in [-0.15, -0.1) is 0 Å². The van der Waals surface area contributed by atoms with Crippen LogP contribution in [0.15, 0.2) is 23.1 Å². The van der Waals surface area contributed by atoms with Crippen molar-refractivity contribution in [2.75, 3.05) is 17.6 Å². The van der Waals surface area contributed by atoms with Crippen molar-refractivity contribution in [3.8, 4) is 0 Å². The van der Waals surface area contributed by atoms with Gasteiger partial charge in [0.25, 0.3) is 0 Å². The molecule has 0 fully saturated rings. The Morgan fingerprint density at radius 2 is 2.00 bits per heavy atom. The van der Waals surface area contributed by atoms with Crippen LogP contribution in [0.4, 0.5) is 11.4 Å². The molecule has 5 N–H and O–H groups in total. The molecule has 0 radical (unpaired) electrons. The van der Waals surface area contributed by atoms with Crippen molar-refractivity contribution in [2.45, 2.75) is 31.1 Å². The highest BCUT2D eigenvalue weighted by atomic mass is 32.2. The zero-order chi connectivity index (χ0) is 12.9. The molecule has 0 atom stereocenters. The van der Waals surface area contributed by atoms with Crippen LogP contribution >= 0.6 is 0 Å². The summed E-state index contributed by atoms with van der Waals surface area (Å²) in [4.78, 5) is -0.0309. The van der Waals surface area contributed by atoms with Gasteiger partial charge in [0.15, 0.2) is 0 Å². The van der Waals surface area contributed by atoms with Gasteiger partial charge in [0, 0.05) is 12.2 Å². The van der Waals surface area contributed by atoms with Gasteiger partial charge in [0.1, 0.15) is 4.90 Å². The van der Waals surface area contributed by atoms with Crippen molar-refractivity contribution in [3.05, 3.63) is 18.2 Å². The van der Waals surface area contributed by atoms with Crippen LogP contribution in [0.5, 0.6) is 0 Å². The van der Waals surface area contributed by atoms with Crippen molar-refractivity contribution in [1.29, 1.82) is 0 Å². The molecule has 0 saturated heterocycles. The van der Waals surface area contributed by atoms with Gasteiger partial charge in [0.05, 0.1) is 5.69 Å². The average molecular weight is 257 g/mol. The predicted molar refractivity (Wildman–Crippen MR) is 70.2 cm³/mol. The molecule has 1 aromatic carbocycles. The van der Waals surface area contributed by atoms with E-state index >= 15 is 0 Å². The Bertz CT molecular complexity index is 472. The molecule has 5 nitrogen and oxygen atoms in total. The van der Waals surface area contributed by atoms with Crippen LogP contribution in [0.2, 0.25) is 0 Å². The first-order valence-corrected chi connectivity index (χ1v) is 7.16. The summed E-state index contributed by atoms with van der Waals surface area (Å²) in [7, 11) is -3.73. The van der Waals surface area contributed by atoms with E-state index in [0.717, 1.165) is 31.5 Å². The zero-order valence-electron chi connectivity index (χ0n) is 9.94. The molecular weight excluding hydrogens is 238 g/mol. The molecule has 0 amide bonds. The van der Waals surface area contributed by atoms with Gasteiger partial charge in [-0.2, -0.15) is 0 Å². The molecule has 1 rings (SSSR count). The lowest BCUT2D eigenvalue weighted by Gasteiger charge is -2.09. The first-order valence-electron chi connectivity index (χ1n) is 5.61. The van der Waals surface area contributed by atoms with Crippen molar-refractivity contribution in [3.63, 3.8) is 0 Å². The second kappa shape index (κ2) is 5.88. The molecule has 96 valence electrons. The Hall–Kier alpha value is -1.27. The van der Waals surface area contributed by atoms with Crippen LogP contribution in [0.1, 0.15) is 26.2 Å². The van der Waals surface area contributed by atoms with Crippen molar-refractivity contribution in [1.82, 2.24) is 0 Å². The largest absolute Gasteiger partial charge is 0.398 e. The van der Waals surface area contributed by atoms with E-state index in [1.807, 2.05) is 0 Å². The third-order valence-electron chi connectivity index (χ3n) is 2.43. The molecule has 0 saturated carbocycles. The molecule has 17 heavy (non-hydrogen) atoms. The molecule has 0 spiro atoms. The minimum atomic E-state index is -3.73. The topological polar surface area (TPSA) is 98.2 Å². The highest BCUT2D eigenvalue weighted by Crippen LogP contribution is 2.21. The highest BCUT2D eigenvalue weighted by molar-refractivity contribution is 7.89. The monoisotopic (exact) mass is 257 g/mol. The molecule has 0 bridgehead atoms. The van der Waals surface area contributed by atoms with E-state index in [0.29, 0.717) is 0 Å². The predicted octanol–water partition coefficient (Wildman–Crippen LogP) is 1.52. The van der Waals surface area contributed by atoms with E-state index in [1.54, 1.807) is 12.1 Å². The van der Waals surface area contributed by atoms with Gasteiger partial charge in [0.2, 0.25) is 10.0 Å². The smallest absolute Gasteiger partial charge is 0.240 e. The Kier molecular flexibility index (Phi) is 4.77. The maximum absolute atomic E-state index is 11.1. The lowest BCUT2D eigenvalue weighted by Crippen LogP contribution is -2.14. The molecule has 0 aliphatic rings. The van der Waals surface area contributed by atoms with E-state index in [1.165, 1.54) is 6.07 Å². The summed E-state index contributed by atoms with van der Waals surface area (Å²) in [5, 5.41) is 8.20. The molecule has 0 aliphatic carbocycles. The Morgan fingerprint density at radius 3 is 2.53 bits per heavy atom. The van der Waals surface area contributed by atoms with Gasteiger partial charge in [-0.25, -0.2) is 13.6 Å². The van der Waals surface area contributed by atoms with Crippen molar-refractivity contribution in [2.24, 2.45) is 5.14 Å². The lowest BCUT2D eigenvalue weighted by atomic mass is 10.2. The average Bonchev–Trinajstić information content (AvgIpc) is 2.23. The number of hydrogen-bond acceptors (Lipinski definition) is 4. The third-order valence-corrected chi connectivity index (χ3v) is 3.41. The molecule has 0 aromatic heterocycles. The van der Waals surface area contributed by atoms with Gasteiger partial charge >= 0.3 is 0 Å². The van der Waals surface area contributed by atoms with Crippen LogP contribution in [0.25, 0.3) is 0 Å². The SMILES string of the molecule is CCCCCNc1ccc(S(N)(=O)=O)c(N)c1. The van der Waals surface area contributed by atoms with Crippen molar-refractivity contribution < 1.29 is 8.42 Å². The number of hydrogen-bond donors (Lipinski definition) is 3. The van der Waals surface area contributed by atoms with E-state index in [2.05, 4.69) is 12.2 Å². The summed E-state index contributed by atoms with van der Waals surface area (Å²) >= 11 is 0. The van der Waals surface area contributed by atoms with Gasteiger partial charge < -0.3 is 11.1 Å². The Balaban J connectivity index is 2.70. The maximum atomic E-state index is 11.1. The molecule has 0 unspecified atom stereocenters. The van der Waals surface area contributed by atoms with Crippen LogP contribution in [0.3, 0.4) is 0 Å². The fraction of sp³-hybridized carbons (Fsp3) is 0.455. The molecule has 0 aliphatic heterocycles. The second-order valence-electron chi connectivity index (χ2n) is 3.93. The summed E-state index contributed by atoms with van der Waals surface area (Å²) in [5.74, 6) is 0. The van der Waals surface area contributed by atoms with Crippen LogP contribution in [-0.2, 0) is 10.0 Å². The maximum Gasteiger partial charge on any atom is 0.240 e. The number of nitrogens with one attached hydrogen (secondary N) is 1. The van der Waals surface area contributed by atoms with Gasteiger partial charge in [-0.05, 0) is 24.6 Å². The standard InChI is InChI=1S/C11H19N3O2S/c1-2-3-4-7-14-9-5-6-11(10(12)8-9)17(13,15)16/h5-6,8,14H,2-4,7,12H2,1H3,(H2,13,15,16). The highest BCUT2D eigenvalue weighted by Gasteiger charge is 2.11. The number of nitrogen functional groups attached to an aromatic ring is 1. The Labute approximate surface area is 102 Å². The minimum Gasteiger partial charge on any atom is -0.398 e. The van der Waals surface area contributed by atoms with Gasteiger partial charge in [-0.3, -0.25) is 0 Å². The number of nitrogens with two attached hydrogens (primary N) is 2. The third kappa shape index (κ3) is 4.24. The fourth-order valence-electron chi connectivity index (χ4n) is 1.53. The number of unbranched alkanes of at least 4 members (excludes halogenated alkanes) is 2. The lowest BCUT2D eigenvalue weighted by molar-refractivity contribution is 0.598. The van der Waals surface area contributed by atoms with E-state index < -0.39 is 10.0 Å². The Morgan fingerprint density at radius 1 is 1.29 bits per heavy atom. The van der Waals surface area contributed by atoms with Crippen LogP contribution in [0, 0.1) is 0 Å². The number of benzene rings is 1. The second-order valence-corrected chi connectivity index (χ2v) is 5.46. The quantitative estimate of drug-likeness (QED) is 0.531. The molecular formula is C11H19N3O2S. The summed E-state index contributed by atoms with van der Waals surface area (Å²) in [6.07, 6.45) is 3.40. The van der Waals surface area contributed by atoms with E-state index in [-0.39, 0.29) is 10.6 Å². The normalized spacial score (nSPS) is 11.4. The number of sulfonamides is 1. The summed E-state index contributed by atoms with van der Waals surface area (Å²) < 4.78 is 22.3. The number of anilines is 2. The first kappa shape index (κ1) is 13.8. The fourth-order valence-corrected chi connectivity index (χ4v) is 2.17. The van der Waals surface area contributed by atoms with E-state index in [9.17, 15) is 8.42 Å². The summed E-state index contributed by atoms with van der Waals surface area (Å²) in [6.45, 7) is 2.99. The molecule has 1 aromatic rings. The summed E-state index contributed by atoms with van der Waals surface area (Å²) in [5.41, 5.74) is 6.62. The van der Waals surface area contributed by atoms with Gasteiger partial charge in [-0.1, -0.05) is 19.8 Å². The van der Waals surface area contributed by atoms with Crippen molar-refractivity contribution >= 4 is 21.4 Å². The van der Waals surface area contributed by atoms with E-state index in [4.69, 9.17) is 10.9 Å². The zero-order valence-corrected chi connectivity index (χ0v) is 10.8. The molecule has 0 heterocycles. The number of rotatable bonds is 6. The summed E-state index contributed by atoms with van der Waals surface area (Å²) in [6, 6.07) is 4.68. The van der Waals surface area contributed by atoms with Crippen LogP contribution in [-0.4, -0.2) is 15.0 Å². The van der Waals surface area contributed by atoms with Crippen LogP contribution < -0.4 is 16.2 Å². The first-order chi connectivity index (χ1) is 7.95. The molecule has 6 heteroatoms.